The first-order valence-corrected chi connectivity index (χ1v) is 13.1. The van der Waals surface area contributed by atoms with Gasteiger partial charge in [0, 0.05) is 36.0 Å². The van der Waals surface area contributed by atoms with E-state index in [-0.39, 0.29) is 35.0 Å². The molecule has 184 valence electrons. The number of carbonyl (C=O) groups is 3. The van der Waals surface area contributed by atoms with Crippen LogP contribution in [0.15, 0.2) is 18.2 Å². The molecule has 1 unspecified atom stereocenters. The second-order valence-corrected chi connectivity index (χ2v) is 10.2. The summed E-state index contributed by atoms with van der Waals surface area (Å²) >= 11 is 0. The highest BCUT2D eigenvalue weighted by Gasteiger charge is 2.84. The van der Waals surface area contributed by atoms with Crippen molar-refractivity contribution >= 4 is 23.4 Å². The van der Waals surface area contributed by atoms with Crippen LogP contribution in [0.25, 0.3) is 0 Å². The lowest BCUT2D eigenvalue weighted by Gasteiger charge is -2.30. The Labute approximate surface area is 202 Å². The fraction of sp³-hybridized carbons (Fsp3) is 0.667. The van der Waals surface area contributed by atoms with Gasteiger partial charge >= 0.3 is 0 Å². The standard InChI is InChI=1S/C23H25N3O4.2C2H6/c27-17-5-4-16(19(28)25-17)26-15-3-1-2-14(18(15)22(6-7-22)20(26)29)23-10-21(23,11-23)12-30-13-8-24-9-13;2*1-2/h1-3,13,16,24H,4-12H2,(H,25,27,28);2*1-2H3. The maximum Gasteiger partial charge on any atom is 0.249 e. The lowest BCUT2D eigenvalue weighted by Crippen LogP contribution is -2.54. The van der Waals surface area contributed by atoms with Gasteiger partial charge in [0.1, 0.15) is 6.04 Å². The largest absolute Gasteiger partial charge is 0.375 e. The van der Waals surface area contributed by atoms with E-state index in [4.69, 9.17) is 4.74 Å². The van der Waals surface area contributed by atoms with Crippen molar-refractivity contribution in [3.8, 4) is 0 Å². The second-order valence-electron chi connectivity index (χ2n) is 10.2. The molecule has 3 saturated carbocycles. The second kappa shape index (κ2) is 8.16. The van der Waals surface area contributed by atoms with E-state index in [1.807, 2.05) is 39.8 Å². The number of nitrogens with zero attached hydrogens (tertiary/aromatic N) is 1. The van der Waals surface area contributed by atoms with Gasteiger partial charge in [-0.15, -0.1) is 0 Å². The number of ether oxygens (including phenoxy) is 1. The van der Waals surface area contributed by atoms with Crippen molar-refractivity contribution in [2.24, 2.45) is 5.41 Å². The van der Waals surface area contributed by atoms with Gasteiger partial charge in [0.2, 0.25) is 17.7 Å². The SMILES string of the molecule is CC.CC.O=C1CCC(N2C(=O)C3(CC3)c3c2cccc3C23CC2(COC2CNC2)C3)C(=O)N1. The van der Waals surface area contributed by atoms with Crippen LogP contribution in [-0.2, 0) is 30.0 Å². The fourth-order valence-corrected chi connectivity index (χ4v) is 6.31. The Hall–Kier alpha value is -2.25. The van der Waals surface area contributed by atoms with E-state index in [2.05, 4.69) is 16.7 Å². The molecule has 6 aliphatic rings. The van der Waals surface area contributed by atoms with Crippen molar-refractivity contribution in [1.29, 1.82) is 0 Å². The first kappa shape index (κ1) is 23.5. The van der Waals surface area contributed by atoms with Crippen LogP contribution in [0, 0.1) is 5.41 Å². The van der Waals surface area contributed by atoms with Crippen molar-refractivity contribution in [2.45, 2.75) is 89.2 Å². The molecule has 5 fully saturated rings. The van der Waals surface area contributed by atoms with Gasteiger partial charge in [-0.25, -0.2) is 0 Å². The average Bonchev–Trinajstić information content (AvgIpc) is 3.72. The number of piperidine rings is 1. The molecule has 7 nitrogen and oxygen atoms in total. The van der Waals surface area contributed by atoms with E-state index in [0.717, 1.165) is 51.1 Å². The normalized spacial score (nSPS) is 33.5. The van der Waals surface area contributed by atoms with Crippen molar-refractivity contribution in [2.75, 3.05) is 24.6 Å². The van der Waals surface area contributed by atoms with Gasteiger partial charge in [-0.1, -0.05) is 39.8 Å². The zero-order chi connectivity index (χ0) is 24.3. The molecule has 2 saturated heterocycles. The molecule has 7 rings (SSSR count). The third-order valence-electron chi connectivity index (χ3n) is 8.58. The topological polar surface area (TPSA) is 87.7 Å². The van der Waals surface area contributed by atoms with Gasteiger partial charge in [0.05, 0.1) is 18.1 Å². The molecule has 1 atom stereocenters. The molecule has 0 aromatic heterocycles. The fourth-order valence-electron chi connectivity index (χ4n) is 6.31. The zero-order valence-electron chi connectivity index (χ0n) is 20.8. The monoisotopic (exact) mass is 467 g/mol. The molecule has 3 amide bonds. The minimum absolute atomic E-state index is 0.0551. The molecule has 0 bridgehead atoms. The summed E-state index contributed by atoms with van der Waals surface area (Å²) in [6.45, 7) is 10.7. The Morgan fingerprint density at radius 1 is 1.06 bits per heavy atom. The molecule has 34 heavy (non-hydrogen) atoms. The molecular weight excluding hydrogens is 430 g/mol. The molecule has 1 aromatic rings. The van der Waals surface area contributed by atoms with Gasteiger partial charge < -0.3 is 10.1 Å². The third-order valence-corrected chi connectivity index (χ3v) is 8.58. The summed E-state index contributed by atoms with van der Waals surface area (Å²) in [4.78, 5) is 39.5. The third kappa shape index (κ3) is 3.12. The highest BCUT2D eigenvalue weighted by molar-refractivity contribution is 6.15. The van der Waals surface area contributed by atoms with Crippen LogP contribution in [0.3, 0.4) is 0 Å². The first-order valence-electron chi connectivity index (χ1n) is 13.1. The van der Waals surface area contributed by atoms with E-state index in [1.165, 1.54) is 11.1 Å². The van der Waals surface area contributed by atoms with E-state index >= 15 is 0 Å². The minimum atomic E-state index is -0.584. The molecular formula is C27H37N3O4. The number of hydrogen-bond donors (Lipinski definition) is 2. The number of carbonyl (C=O) groups excluding carboxylic acids is 3. The van der Waals surface area contributed by atoms with Crippen LogP contribution >= 0.6 is 0 Å². The predicted octanol–water partition coefficient (Wildman–Crippen LogP) is 2.94. The van der Waals surface area contributed by atoms with Crippen molar-refractivity contribution in [1.82, 2.24) is 10.6 Å². The summed E-state index contributed by atoms with van der Waals surface area (Å²) in [6.07, 6.45) is 5.01. The number of imide groups is 1. The van der Waals surface area contributed by atoms with Crippen molar-refractivity contribution in [3.05, 3.63) is 29.3 Å². The molecule has 2 N–H and O–H groups in total. The molecule has 0 radical (unpaired) electrons. The maximum atomic E-state index is 13.6. The number of hydrogen-bond acceptors (Lipinski definition) is 5. The van der Waals surface area contributed by atoms with Crippen LogP contribution in [0.2, 0.25) is 0 Å². The molecule has 1 aromatic carbocycles. The minimum Gasteiger partial charge on any atom is -0.375 e. The summed E-state index contributed by atoms with van der Waals surface area (Å²) in [6, 6.07) is 5.65. The summed E-state index contributed by atoms with van der Waals surface area (Å²) in [5.41, 5.74) is 3.35. The van der Waals surface area contributed by atoms with Crippen molar-refractivity contribution < 1.29 is 19.1 Å². The van der Waals surface area contributed by atoms with Crippen molar-refractivity contribution in [3.63, 3.8) is 0 Å². The van der Waals surface area contributed by atoms with Gasteiger partial charge in [-0.3, -0.25) is 24.6 Å². The summed E-state index contributed by atoms with van der Waals surface area (Å²) in [7, 11) is 0. The summed E-state index contributed by atoms with van der Waals surface area (Å²) < 4.78 is 6.12. The lowest BCUT2D eigenvalue weighted by atomic mass is 9.87. The Morgan fingerprint density at radius 3 is 2.35 bits per heavy atom. The molecule has 1 spiro atoms. The van der Waals surface area contributed by atoms with E-state index < -0.39 is 11.5 Å². The van der Waals surface area contributed by atoms with E-state index in [9.17, 15) is 14.4 Å². The predicted molar refractivity (Wildman–Crippen MR) is 130 cm³/mol. The molecule has 3 heterocycles. The summed E-state index contributed by atoms with van der Waals surface area (Å²) in [5, 5.41) is 5.67. The maximum absolute atomic E-state index is 13.6. The van der Waals surface area contributed by atoms with E-state index in [0.29, 0.717) is 12.5 Å². The summed E-state index contributed by atoms with van der Waals surface area (Å²) in [5.74, 6) is -0.541. The van der Waals surface area contributed by atoms with Crippen LogP contribution in [-0.4, -0.2) is 49.6 Å². The van der Waals surface area contributed by atoms with E-state index in [1.54, 1.807) is 4.90 Å². The Bertz CT molecular complexity index is 1020. The van der Waals surface area contributed by atoms with Crippen LogP contribution in [0.4, 0.5) is 5.69 Å². The highest BCUT2D eigenvalue weighted by Crippen LogP contribution is 2.87. The van der Waals surface area contributed by atoms with Gasteiger partial charge in [-0.05, 0) is 49.3 Å². The number of fused-ring (bicyclic) bond motifs is 3. The number of anilines is 1. The Balaban J connectivity index is 0.000000574. The smallest absolute Gasteiger partial charge is 0.249 e. The number of nitrogens with one attached hydrogen (secondary N) is 2. The highest BCUT2D eigenvalue weighted by atomic mass is 16.5. The van der Waals surface area contributed by atoms with Gasteiger partial charge in [-0.2, -0.15) is 0 Å². The van der Waals surface area contributed by atoms with Gasteiger partial charge in [0.25, 0.3) is 0 Å². The van der Waals surface area contributed by atoms with Crippen LogP contribution < -0.4 is 15.5 Å². The van der Waals surface area contributed by atoms with Gasteiger partial charge in [0.15, 0.2) is 0 Å². The first-order chi connectivity index (χ1) is 16.5. The molecule has 3 aliphatic heterocycles. The van der Waals surface area contributed by atoms with Crippen LogP contribution in [0.1, 0.15) is 77.3 Å². The van der Waals surface area contributed by atoms with Crippen LogP contribution in [0.5, 0.6) is 0 Å². The Morgan fingerprint density at radius 2 is 1.76 bits per heavy atom. The molecule has 7 heteroatoms. The number of benzene rings is 1. The quantitative estimate of drug-likeness (QED) is 0.650. The molecule has 3 aliphatic carbocycles. The average molecular weight is 468 g/mol. The Kier molecular flexibility index (Phi) is 5.64. The lowest BCUT2D eigenvalue weighted by molar-refractivity contribution is -0.135. The zero-order valence-corrected chi connectivity index (χ0v) is 20.8. The number of rotatable bonds is 5. The number of amides is 3.